The molecule has 0 saturated heterocycles. The minimum absolute atomic E-state index is 0.0960. The van der Waals surface area contributed by atoms with Crippen LogP contribution in [-0.2, 0) is 11.3 Å². The molecule has 2 rings (SSSR count). The van der Waals surface area contributed by atoms with Gasteiger partial charge in [-0.3, -0.25) is 9.59 Å². The third-order valence-electron chi connectivity index (χ3n) is 2.96. The van der Waals surface area contributed by atoms with Crippen molar-refractivity contribution < 1.29 is 14.0 Å². The number of carbonyl (C=O) groups is 2. The third-order valence-corrected chi connectivity index (χ3v) is 3.63. The molecule has 1 aromatic heterocycles. The van der Waals surface area contributed by atoms with E-state index in [0.717, 1.165) is 5.56 Å². The van der Waals surface area contributed by atoms with E-state index >= 15 is 0 Å². The first-order valence-corrected chi connectivity index (χ1v) is 7.65. The van der Waals surface area contributed by atoms with Crippen molar-refractivity contribution in [3.05, 3.63) is 57.4 Å². The Kier molecular flexibility index (Phi) is 5.63. The van der Waals surface area contributed by atoms with Crippen molar-refractivity contribution in [2.45, 2.75) is 6.54 Å². The van der Waals surface area contributed by atoms with E-state index in [0.29, 0.717) is 16.2 Å². The van der Waals surface area contributed by atoms with Crippen LogP contribution in [0.15, 0.2) is 45.5 Å². The lowest BCUT2D eigenvalue weighted by Gasteiger charge is -2.17. The van der Waals surface area contributed by atoms with Crippen LogP contribution >= 0.6 is 27.5 Å². The molecule has 22 heavy (non-hydrogen) atoms. The lowest BCUT2D eigenvalue weighted by atomic mass is 10.2. The molecule has 7 heteroatoms. The van der Waals surface area contributed by atoms with Crippen molar-refractivity contribution in [2.24, 2.45) is 0 Å². The largest absolute Gasteiger partial charge is 0.444 e. The van der Waals surface area contributed by atoms with Gasteiger partial charge in [0.2, 0.25) is 5.91 Å². The van der Waals surface area contributed by atoms with Gasteiger partial charge in [0, 0.05) is 18.6 Å². The van der Waals surface area contributed by atoms with E-state index in [9.17, 15) is 9.59 Å². The monoisotopic (exact) mass is 384 g/mol. The minimum atomic E-state index is -0.432. The average molecular weight is 386 g/mol. The van der Waals surface area contributed by atoms with E-state index in [-0.39, 0.29) is 18.2 Å². The Morgan fingerprint density at radius 3 is 2.50 bits per heavy atom. The number of hydrogen-bond acceptors (Lipinski definition) is 3. The van der Waals surface area contributed by atoms with Gasteiger partial charge in [0.25, 0.3) is 5.91 Å². The Hall–Kier alpha value is -1.79. The van der Waals surface area contributed by atoms with Crippen LogP contribution in [0.5, 0.6) is 0 Å². The summed E-state index contributed by atoms with van der Waals surface area (Å²) in [5, 5.41) is 3.17. The topological polar surface area (TPSA) is 62.6 Å². The first kappa shape index (κ1) is 16.6. The van der Waals surface area contributed by atoms with Crippen LogP contribution < -0.4 is 5.32 Å². The fourth-order valence-corrected chi connectivity index (χ4v) is 2.20. The molecule has 0 aliphatic rings. The Bertz CT molecular complexity index is 670. The zero-order valence-corrected chi connectivity index (χ0v) is 14.1. The van der Waals surface area contributed by atoms with Crippen LogP contribution in [-0.4, -0.2) is 30.3 Å². The first-order valence-electron chi connectivity index (χ1n) is 6.47. The van der Waals surface area contributed by atoms with Crippen molar-refractivity contribution in [1.29, 1.82) is 0 Å². The van der Waals surface area contributed by atoms with Crippen molar-refractivity contribution in [3.8, 4) is 0 Å². The summed E-state index contributed by atoms with van der Waals surface area (Å²) < 4.78 is 5.57. The lowest BCUT2D eigenvalue weighted by molar-refractivity contribution is -0.129. The molecule has 0 atom stereocenters. The second-order valence-corrected chi connectivity index (χ2v) is 5.88. The smallest absolute Gasteiger partial charge is 0.287 e. The highest BCUT2D eigenvalue weighted by molar-refractivity contribution is 9.10. The lowest BCUT2D eigenvalue weighted by Crippen LogP contribution is -2.37. The number of nitrogens with zero attached hydrogens (tertiary/aromatic N) is 1. The molecular formula is C15H14BrClN2O3. The molecule has 116 valence electrons. The Balaban J connectivity index is 1.83. The summed E-state index contributed by atoms with van der Waals surface area (Å²) >= 11 is 8.93. The van der Waals surface area contributed by atoms with E-state index < -0.39 is 5.91 Å². The maximum absolute atomic E-state index is 12.0. The van der Waals surface area contributed by atoms with Crippen molar-refractivity contribution in [1.82, 2.24) is 10.2 Å². The van der Waals surface area contributed by atoms with Gasteiger partial charge in [-0.05, 0) is 45.8 Å². The zero-order valence-electron chi connectivity index (χ0n) is 11.8. The molecule has 0 aliphatic heterocycles. The zero-order chi connectivity index (χ0) is 16.1. The van der Waals surface area contributed by atoms with Crippen LogP contribution in [0.4, 0.5) is 0 Å². The summed E-state index contributed by atoms with van der Waals surface area (Å²) in [4.78, 5) is 25.3. The van der Waals surface area contributed by atoms with E-state index in [1.165, 1.54) is 11.0 Å². The molecular weight excluding hydrogens is 372 g/mol. The number of halogens is 2. The highest BCUT2D eigenvalue weighted by atomic mass is 79.9. The highest BCUT2D eigenvalue weighted by Crippen LogP contribution is 2.14. The van der Waals surface area contributed by atoms with E-state index in [1.54, 1.807) is 25.2 Å². The molecule has 1 aromatic carbocycles. The number of carbonyl (C=O) groups excluding carboxylic acids is 2. The molecule has 0 spiro atoms. The molecule has 5 nitrogen and oxygen atoms in total. The van der Waals surface area contributed by atoms with Gasteiger partial charge in [0.15, 0.2) is 10.4 Å². The molecule has 0 aliphatic carbocycles. The summed E-state index contributed by atoms with van der Waals surface area (Å²) in [6.45, 7) is 0.347. The maximum Gasteiger partial charge on any atom is 0.287 e. The number of nitrogens with one attached hydrogen (secondary N) is 1. The molecule has 0 bridgehead atoms. The van der Waals surface area contributed by atoms with Crippen LogP contribution in [0.2, 0.25) is 5.02 Å². The van der Waals surface area contributed by atoms with Gasteiger partial charge in [-0.1, -0.05) is 23.7 Å². The SMILES string of the molecule is CN(Cc1ccc(Cl)cc1)C(=O)CNC(=O)c1ccc(Br)o1. The Morgan fingerprint density at radius 2 is 1.91 bits per heavy atom. The van der Waals surface area contributed by atoms with Gasteiger partial charge in [0.1, 0.15) is 0 Å². The van der Waals surface area contributed by atoms with Crippen LogP contribution in [0.1, 0.15) is 16.1 Å². The van der Waals surface area contributed by atoms with Gasteiger partial charge in [-0.2, -0.15) is 0 Å². The number of benzene rings is 1. The number of amides is 2. The maximum atomic E-state index is 12.0. The Labute approximate surface area is 141 Å². The summed E-state index contributed by atoms with van der Waals surface area (Å²) in [7, 11) is 1.67. The van der Waals surface area contributed by atoms with E-state index in [2.05, 4.69) is 21.2 Å². The molecule has 0 radical (unpaired) electrons. The van der Waals surface area contributed by atoms with E-state index in [4.69, 9.17) is 16.0 Å². The first-order chi connectivity index (χ1) is 10.5. The van der Waals surface area contributed by atoms with Gasteiger partial charge in [-0.25, -0.2) is 0 Å². The summed E-state index contributed by atoms with van der Waals surface area (Å²) in [6, 6.07) is 10.4. The average Bonchev–Trinajstić information content (AvgIpc) is 2.93. The highest BCUT2D eigenvalue weighted by Gasteiger charge is 2.14. The second-order valence-electron chi connectivity index (χ2n) is 4.66. The fourth-order valence-electron chi connectivity index (χ4n) is 1.77. The van der Waals surface area contributed by atoms with Crippen LogP contribution in [0.25, 0.3) is 0 Å². The predicted octanol–water partition coefficient (Wildman–Crippen LogP) is 3.08. The normalized spacial score (nSPS) is 10.3. The van der Waals surface area contributed by atoms with Gasteiger partial charge in [0.05, 0.1) is 6.54 Å². The van der Waals surface area contributed by atoms with Gasteiger partial charge >= 0.3 is 0 Å². The van der Waals surface area contributed by atoms with Crippen LogP contribution in [0, 0.1) is 0 Å². The summed E-state index contributed by atoms with van der Waals surface area (Å²) in [6.07, 6.45) is 0. The molecule has 0 unspecified atom stereocenters. The number of furan rings is 1. The predicted molar refractivity (Wildman–Crippen MR) is 86.7 cm³/mol. The molecule has 2 amide bonds. The standard InChI is InChI=1S/C15H14BrClN2O3/c1-19(9-10-2-4-11(17)5-3-10)14(20)8-18-15(21)12-6-7-13(16)22-12/h2-7H,8-9H2,1H3,(H,18,21). The number of rotatable bonds is 5. The van der Waals surface area contributed by atoms with Crippen molar-refractivity contribution in [3.63, 3.8) is 0 Å². The molecule has 0 fully saturated rings. The minimum Gasteiger partial charge on any atom is -0.444 e. The molecule has 1 heterocycles. The van der Waals surface area contributed by atoms with Crippen LogP contribution in [0.3, 0.4) is 0 Å². The van der Waals surface area contributed by atoms with E-state index in [1.807, 2.05) is 12.1 Å². The Morgan fingerprint density at radius 1 is 1.23 bits per heavy atom. The molecule has 0 saturated carbocycles. The quantitative estimate of drug-likeness (QED) is 0.860. The van der Waals surface area contributed by atoms with Gasteiger partial charge in [-0.15, -0.1) is 0 Å². The van der Waals surface area contributed by atoms with Gasteiger partial charge < -0.3 is 14.6 Å². The molecule has 1 N–H and O–H groups in total. The van der Waals surface area contributed by atoms with Crippen molar-refractivity contribution >= 4 is 39.3 Å². The second kappa shape index (κ2) is 7.47. The molecule has 2 aromatic rings. The summed E-state index contributed by atoms with van der Waals surface area (Å²) in [5.41, 5.74) is 0.960. The van der Waals surface area contributed by atoms with Crippen molar-refractivity contribution in [2.75, 3.05) is 13.6 Å². The third kappa shape index (κ3) is 4.61. The number of hydrogen-bond donors (Lipinski definition) is 1. The summed E-state index contributed by atoms with van der Waals surface area (Å²) in [5.74, 6) is -0.479. The number of likely N-dealkylation sites (N-methyl/N-ethyl adjacent to an activating group) is 1. The fraction of sp³-hybridized carbons (Fsp3) is 0.200.